The molecule has 1 aromatic carbocycles. The number of carboxylic acids is 1. The van der Waals surface area contributed by atoms with E-state index in [0.29, 0.717) is 17.0 Å². The Balaban J connectivity index is 1.61. The summed E-state index contributed by atoms with van der Waals surface area (Å²) in [7, 11) is -2.46. The van der Waals surface area contributed by atoms with E-state index in [4.69, 9.17) is 5.73 Å². The first-order chi connectivity index (χ1) is 41.1. The number of carbonyl (C=O) groups excluding carboxylic acids is 13. The molecule has 3 aliphatic rings. The Kier molecular flexibility index (Phi) is 26.2. The fourth-order valence-corrected chi connectivity index (χ4v) is 12.1. The van der Waals surface area contributed by atoms with E-state index in [-0.39, 0.29) is 71.1 Å². The van der Waals surface area contributed by atoms with E-state index in [2.05, 4.69) is 52.8 Å². The quantitative estimate of drug-likeness (QED) is 0.0343. The molecule has 3 aliphatic heterocycles. The van der Waals surface area contributed by atoms with Gasteiger partial charge in [0.2, 0.25) is 53.2 Å². The number of nitrogens with two attached hydrogens (primary N) is 1. The van der Waals surface area contributed by atoms with Gasteiger partial charge in [0.15, 0.2) is 11.6 Å². The average Bonchev–Trinajstić information content (AvgIpc) is 3.45. The number of aromatic nitrogens is 1. The molecule has 3 unspecified atom stereocenters. The van der Waals surface area contributed by atoms with Crippen LogP contribution in [0, 0.1) is 17.8 Å². The van der Waals surface area contributed by atoms with Crippen LogP contribution in [0.2, 0.25) is 0 Å². The first-order valence-corrected chi connectivity index (χ1v) is 30.8. The van der Waals surface area contributed by atoms with Gasteiger partial charge in [-0.15, -0.1) is 0 Å². The zero-order chi connectivity index (χ0) is 64.6. The molecule has 10 amide bonds. The number of aliphatic hydroxyl groups excluding tert-OH is 3. The maximum atomic E-state index is 15.1. The SMILES string of the molecule is CCC(=O)N(CC(=O)O)N(CC(=O)CCCCC(=O)Cc1ccc2[nH]c3c(c2c1)C[C@@H]1NC(=O)[C@H](C(C)C(O)CO)NC(=O)[C@@H]2C[C@@H](O)CN2C(=O)[C@H](CC(N)=O)CC(=O)[C@H](CS3=O)NC(=O)CNC(=O)[C@H]([C@@H](C)CC)NC(=O)CNC1=O)C(=O)CBr. The molecule has 11 atom stereocenters. The molecule has 2 aromatic rings. The molecule has 13 N–H and O–H groups in total. The Bertz CT molecular complexity index is 3010. The summed E-state index contributed by atoms with van der Waals surface area (Å²) in [4.78, 5) is 194. The number of halogens is 1. The van der Waals surface area contributed by atoms with Gasteiger partial charge in [0, 0.05) is 74.7 Å². The molecule has 5 rings (SSSR count). The Morgan fingerprint density at radius 1 is 0.805 bits per heavy atom. The number of carbonyl (C=O) groups is 14. The lowest BCUT2D eigenvalue weighted by atomic mass is 9.93. The number of nitrogens with one attached hydrogen (secondary N) is 7. The molecule has 0 saturated carbocycles. The molecule has 478 valence electrons. The second-order valence-corrected chi connectivity index (χ2v) is 23.8. The molecule has 0 aliphatic carbocycles. The molecule has 1 saturated heterocycles. The number of aliphatic hydroxyl groups is 3. The van der Waals surface area contributed by atoms with Gasteiger partial charge in [-0.1, -0.05) is 56.1 Å². The Hall–Kier alpha value is -7.55. The molecule has 1 fully saturated rings. The number of hydrogen-bond donors (Lipinski definition) is 12. The Morgan fingerprint density at radius 2 is 1.45 bits per heavy atom. The number of H-pyrrole nitrogens is 1. The lowest BCUT2D eigenvalue weighted by Gasteiger charge is -2.32. The predicted octanol–water partition coefficient (Wildman–Crippen LogP) is -3.83. The predicted molar refractivity (Wildman–Crippen MR) is 309 cm³/mol. The number of Topliss-reactive ketones (excluding diaryl/α,β-unsaturated/α-hetero) is 3. The number of amides is 10. The maximum absolute atomic E-state index is 15.1. The monoisotopic (exact) mass is 1310 g/mol. The van der Waals surface area contributed by atoms with Gasteiger partial charge in [0.05, 0.1) is 65.7 Å². The van der Waals surface area contributed by atoms with Crippen LogP contribution in [0.1, 0.15) is 96.6 Å². The van der Waals surface area contributed by atoms with Crippen molar-refractivity contribution < 1.29 is 91.8 Å². The van der Waals surface area contributed by atoms with Crippen molar-refractivity contribution in [2.75, 3.05) is 50.4 Å². The number of rotatable bonds is 20. The summed E-state index contributed by atoms with van der Waals surface area (Å²) in [6.07, 6.45) is -5.79. The van der Waals surface area contributed by atoms with Crippen LogP contribution in [0.5, 0.6) is 0 Å². The lowest BCUT2D eigenvalue weighted by molar-refractivity contribution is -0.168. The van der Waals surface area contributed by atoms with Crippen molar-refractivity contribution in [1.29, 1.82) is 0 Å². The summed E-state index contributed by atoms with van der Waals surface area (Å²) in [5.41, 5.74) is 6.19. The molecule has 32 heteroatoms. The second kappa shape index (κ2) is 32.4. The maximum Gasteiger partial charge on any atom is 0.325 e. The Labute approximate surface area is 510 Å². The van der Waals surface area contributed by atoms with Crippen LogP contribution in [0.4, 0.5) is 0 Å². The van der Waals surface area contributed by atoms with Gasteiger partial charge in [-0.25, -0.2) is 10.0 Å². The van der Waals surface area contributed by atoms with Crippen molar-refractivity contribution in [2.45, 2.75) is 146 Å². The largest absolute Gasteiger partial charge is 0.480 e. The number of primary amides is 1. The van der Waals surface area contributed by atoms with Crippen LogP contribution < -0.4 is 37.6 Å². The number of carboxylic acid groups (broad SMARTS) is 1. The molecule has 0 radical (unpaired) electrons. The number of hydrogen-bond acceptors (Lipinski definition) is 18. The van der Waals surface area contributed by atoms with Crippen molar-refractivity contribution in [3.63, 3.8) is 0 Å². The van der Waals surface area contributed by atoms with E-state index in [1.807, 2.05) is 0 Å². The number of aromatic amines is 1. The number of hydrazine groups is 1. The van der Waals surface area contributed by atoms with Gasteiger partial charge in [0.1, 0.15) is 48.1 Å². The topological polar surface area (TPSA) is 461 Å². The fraction of sp³-hybridized carbons (Fsp3) is 0.600. The fourth-order valence-electron chi connectivity index (χ4n) is 10.3. The van der Waals surface area contributed by atoms with E-state index in [9.17, 15) is 87.5 Å². The zero-order valence-electron chi connectivity index (χ0n) is 48.6. The summed E-state index contributed by atoms with van der Waals surface area (Å²) in [5.74, 6) is -17.3. The van der Waals surface area contributed by atoms with E-state index >= 15 is 4.21 Å². The van der Waals surface area contributed by atoms with Crippen molar-refractivity contribution in [1.82, 2.24) is 51.8 Å². The summed E-state index contributed by atoms with van der Waals surface area (Å²) < 4.78 is 15.1. The Morgan fingerprint density at radius 3 is 2.07 bits per heavy atom. The molecule has 87 heavy (non-hydrogen) atoms. The third kappa shape index (κ3) is 19.2. The van der Waals surface area contributed by atoms with Gasteiger partial charge in [0.25, 0.3) is 5.91 Å². The average molecular weight is 1310 g/mol. The molecular weight excluding hydrogens is 1230 g/mol. The van der Waals surface area contributed by atoms with Gasteiger partial charge in [-0.05, 0) is 42.0 Å². The van der Waals surface area contributed by atoms with Crippen LogP contribution in [-0.2, 0) is 90.8 Å². The van der Waals surface area contributed by atoms with Crippen LogP contribution in [0.15, 0.2) is 23.2 Å². The third-order valence-electron chi connectivity index (χ3n) is 15.4. The summed E-state index contributed by atoms with van der Waals surface area (Å²) in [6.45, 7) is 1.53. The number of fused-ring (bicyclic) bond motifs is 5. The summed E-state index contributed by atoms with van der Waals surface area (Å²) in [5, 5.41) is 57.3. The van der Waals surface area contributed by atoms with Gasteiger partial charge >= 0.3 is 5.97 Å². The van der Waals surface area contributed by atoms with Crippen LogP contribution in [0.3, 0.4) is 0 Å². The summed E-state index contributed by atoms with van der Waals surface area (Å²) in [6, 6.07) is -3.77. The van der Waals surface area contributed by atoms with E-state index in [0.717, 1.165) is 9.91 Å². The number of alkyl halides is 1. The molecule has 4 heterocycles. The van der Waals surface area contributed by atoms with E-state index in [1.54, 1.807) is 19.9 Å². The van der Waals surface area contributed by atoms with E-state index in [1.165, 1.54) is 26.0 Å². The van der Waals surface area contributed by atoms with Gasteiger partial charge in [-0.2, -0.15) is 0 Å². The molecular formula is C55H76BrN11O19S. The van der Waals surface area contributed by atoms with E-state index < -0.39 is 218 Å². The zero-order valence-corrected chi connectivity index (χ0v) is 51.0. The van der Waals surface area contributed by atoms with Crippen molar-refractivity contribution in [2.24, 2.45) is 23.5 Å². The number of unbranched alkanes of at least 4 members (excludes halogenated alkanes) is 1. The minimum absolute atomic E-state index is 0.0151. The number of benzene rings is 1. The second-order valence-electron chi connectivity index (χ2n) is 21.9. The third-order valence-corrected chi connectivity index (χ3v) is 17.3. The molecule has 1 aromatic heterocycles. The van der Waals surface area contributed by atoms with Crippen molar-refractivity contribution >= 4 is 120 Å². The van der Waals surface area contributed by atoms with Gasteiger partial charge < -0.3 is 67.9 Å². The highest BCUT2D eigenvalue weighted by Gasteiger charge is 2.45. The van der Waals surface area contributed by atoms with Crippen LogP contribution >= 0.6 is 15.9 Å². The molecule has 2 bridgehead atoms. The highest BCUT2D eigenvalue weighted by molar-refractivity contribution is 9.09. The first kappa shape index (κ1) is 70.2. The van der Waals surface area contributed by atoms with Crippen LogP contribution in [-0.4, -0.2) is 220 Å². The minimum Gasteiger partial charge on any atom is -0.480 e. The van der Waals surface area contributed by atoms with Crippen molar-refractivity contribution in [3.8, 4) is 0 Å². The summed E-state index contributed by atoms with van der Waals surface area (Å²) >= 11 is 2.99. The normalized spacial score (nSPS) is 23.9. The van der Waals surface area contributed by atoms with Crippen LogP contribution in [0.25, 0.3) is 10.9 Å². The molecule has 0 spiro atoms. The smallest absolute Gasteiger partial charge is 0.325 e. The van der Waals surface area contributed by atoms with Gasteiger partial charge in [-0.3, -0.25) is 71.3 Å². The van der Waals surface area contributed by atoms with Crippen molar-refractivity contribution in [3.05, 3.63) is 29.3 Å². The number of nitrogens with zero attached hydrogens (tertiary/aromatic N) is 3. The molecule has 30 nitrogen and oxygen atoms in total. The first-order valence-electron chi connectivity index (χ1n) is 28.4. The minimum atomic E-state index is -2.46. The lowest BCUT2D eigenvalue weighted by Crippen LogP contribution is -2.61. The standard InChI is InChI=1S/C55H76BrN11O19S/c1-5-27(3)48-52(83)59-20-43(75)60-38-26-87(86)54-35(34-14-29(11-12-36(34)62-54)13-31(69)9-7-8-10-32(70)23-66(46(78)19-56)67(24-47(79)80)45(77)6-2)18-37(50(81)58-21-44(76)63-48)61-53(84)49(28(4)41(73)25-68)64-51(82)39-17-33(71)22-65(39)55(85)30(15-40(38)72)16-42(57)74/h11-12,14,27-28,30,33,37-39,41,48-49,62,68,71,73H,5-10,13,15-26H2,1-4H3,(H2,57,74)(H,58,81)(H,59,83)(H,60,75)(H,61,84)(H,63,76)(H,64,82)(H,79,80)/t27-,28?,30-,33+,37-,38-,39-,41?,48-,49-,87?/m0/s1. The number of aliphatic carboxylic acids is 1. The highest BCUT2D eigenvalue weighted by atomic mass is 79.9. The highest BCUT2D eigenvalue weighted by Crippen LogP contribution is 2.30. The number of ketones is 3.